The van der Waals surface area contributed by atoms with Crippen molar-refractivity contribution in [2.45, 2.75) is 104 Å². The van der Waals surface area contributed by atoms with Crippen LogP contribution < -0.4 is 5.32 Å². The molecule has 8 atom stereocenters. The average Bonchev–Trinajstić information content (AvgIpc) is 3.09. The summed E-state index contributed by atoms with van der Waals surface area (Å²) < 4.78 is 44.5. The highest BCUT2D eigenvalue weighted by Crippen LogP contribution is 2.44. The minimum absolute atomic E-state index is 0.0348. The van der Waals surface area contributed by atoms with Crippen LogP contribution in [0.3, 0.4) is 0 Å². The second-order valence-electron chi connectivity index (χ2n) is 11.9. The molecule has 8 unspecified atom stereocenters. The molecule has 0 amide bonds. The summed E-state index contributed by atoms with van der Waals surface area (Å²) in [6.45, 7) is 15.7. The van der Waals surface area contributed by atoms with Crippen molar-refractivity contribution < 1.29 is 18.3 Å². The van der Waals surface area contributed by atoms with Gasteiger partial charge in [-0.15, -0.1) is 0 Å². The summed E-state index contributed by atoms with van der Waals surface area (Å²) in [5.74, 6) is -3.08. The zero-order chi connectivity index (χ0) is 29.6. The van der Waals surface area contributed by atoms with E-state index in [9.17, 15) is 13.9 Å². The zero-order valence-electron chi connectivity index (χ0n) is 25.3. The first-order valence-electron chi connectivity index (χ1n) is 15.2. The molecule has 0 saturated heterocycles. The van der Waals surface area contributed by atoms with E-state index in [2.05, 4.69) is 57.0 Å². The van der Waals surface area contributed by atoms with Gasteiger partial charge in [-0.2, -0.15) is 0 Å². The van der Waals surface area contributed by atoms with Crippen molar-refractivity contribution in [3.8, 4) is 0 Å². The number of allylic oxidation sites excluding steroid dienone is 10. The lowest BCUT2D eigenvalue weighted by Crippen LogP contribution is -2.44. The maximum Gasteiger partial charge on any atom is 0.269 e. The van der Waals surface area contributed by atoms with Crippen molar-refractivity contribution in [3.05, 3.63) is 83.1 Å². The summed E-state index contributed by atoms with van der Waals surface area (Å²) in [6, 6.07) is -0.364. The highest BCUT2D eigenvalue weighted by Gasteiger charge is 2.38. The topological polar surface area (TPSA) is 32.3 Å². The van der Waals surface area contributed by atoms with Gasteiger partial charge in [0.2, 0.25) is 0 Å². The standard InChI is InChI=1S/C35H50F3NO/c1-8-11-12-26-14-18-30(33(25(7)36)23(5)19-26)24(6)31-20-28(15-13-22(31)4)34(40)39-29-17-16-27(9-2)32(21-29)35(37,38)10-3/h11-18,24-26,28-30,33-34,39-40H,5,8-10,19-21H2,1-4,6-7H3. The molecule has 0 aromatic heterocycles. The molecule has 0 aromatic carbocycles. The van der Waals surface area contributed by atoms with Crippen LogP contribution in [0.1, 0.15) is 80.1 Å². The van der Waals surface area contributed by atoms with Gasteiger partial charge in [0.15, 0.2) is 0 Å². The van der Waals surface area contributed by atoms with Gasteiger partial charge >= 0.3 is 0 Å². The predicted molar refractivity (Wildman–Crippen MR) is 162 cm³/mol. The van der Waals surface area contributed by atoms with Crippen molar-refractivity contribution in [2.24, 2.45) is 29.6 Å². The molecule has 0 bridgehead atoms. The van der Waals surface area contributed by atoms with E-state index < -0.39 is 18.3 Å². The number of halogens is 3. The van der Waals surface area contributed by atoms with Crippen LogP contribution in [0.15, 0.2) is 83.1 Å². The first-order valence-corrected chi connectivity index (χ1v) is 15.2. The number of aliphatic hydroxyl groups excluding tert-OH is 1. The van der Waals surface area contributed by atoms with Crippen molar-refractivity contribution in [1.82, 2.24) is 5.32 Å². The van der Waals surface area contributed by atoms with E-state index in [1.807, 2.05) is 25.2 Å². The molecule has 3 rings (SSSR count). The Kier molecular flexibility index (Phi) is 11.5. The van der Waals surface area contributed by atoms with Crippen LogP contribution in [0.5, 0.6) is 0 Å². The average molecular weight is 558 g/mol. The van der Waals surface area contributed by atoms with Gasteiger partial charge in [-0.05, 0) is 69.3 Å². The molecule has 3 aliphatic carbocycles. The third kappa shape index (κ3) is 7.59. The van der Waals surface area contributed by atoms with E-state index >= 15 is 4.39 Å². The third-order valence-electron chi connectivity index (χ3n) is 9.16. The van der Waals surface area contributed by atoms with Gasteiger partial charge in [-0.1, -0.05) is 99.6 Å². The second kappa shape index (κ2) is 14.2. The highest BCUT2D eigenvalue weighted by molar-refractivity contribution is 5.36. The molecular formula is C35H50F3NO. The Morgan fingerprint density at radius 2 is 1.80 bits per heavy atom. The number of hydrogen-bond acceptors (Lipinski definition) is 2. The van der Waals surface area contributed by atoms with E-state index in [1.54, 1.807) is 13.0 Å². The lowest BCUT2D eigenvalue weighted by molar-refractivity contribution is 0.0289. The third-order valence-corrected chi connectivity index (χ3v) is 9.16. The molecule has 40 heavy (non-hydrogen) atoms. The largest absolute Gasteiger partial charge is 0.378 e. The van der Waals surface area contributed by atoms with Crippen LogP contribution >= 0.6 is 0 Å². The molecular weight excluding hydrogens is 507 g/mol. The molecule has 0 fully saturated rings. The molecule has 2 nitrogen and oxygen atoms in total. The van der Waals surface area contributed by atoms with Crippen LogP contribution in [0, 0.1) is 29.6 Å². The normalized spacial score (nSPS) is 30.2. The van der Waals surface area contributed by atoms with Crippen molar-refractivity contribution >= 4 is 0 Å². The summed E-state index contributed by atoms with van der Waals surface area (Å²) in [5.41, 5.74) is 4.16. The molecule has 0 aliphatic heterocycles. The summed E-state index contributed by atoms with van der Waals surface area (Å²) in [4.78, 5) is 0. The fraction of sp³-hybridized carbons (Fsp3) is 0.600. The number of hydrogen-bond donors (Lipinski definition) is 2. The molecule has 0 saturated carbocycles. The molecule has 3 aliphatic rings. The SMILES string of the molecule is C=C1CC(C=CCC)C=CC(C(C)C2=C(C)C=CC(C(O)NC3C=CC(CC)=C(C(F)(F)CC)C3)C2)C1C(C)F. The Morgan fingerprint density at radius 1 is 1.07 bits per heavy atom. The molecule has 0 heterocycles. The molecule has 222 valence electrons. The Balaban J connectivity index is 1.76. The summed E-state index contributed by atoms with van der Waals surface area (Å²) >= 11 is 0. The van der Waals surface area contributed by atoms with Crippen LogP contribution in [-0.2, 0) is 0 Å². The summed E-state index contributed by atoms with van der Waals surface area (Å²) in [6.07, 6.45) is 17.4. The van der Waals surface area contributed by atoms with Gasteiger partial charge in [-0.25, -0.2) is 13.2 Å². The van der Waals surface area contributed by atoms with Gasteiger partial charge in [0.05, 0.1) is 0 Å². The fourth-order valence-electron chi connectivity index (χ4n) is 6.71. The smallest absolute Gasteiger partial charge is 0.269 e. The maximum atomic E-state index is 15.1. The minimum Gasteiger partial charge on any atom is -0.378 e. The van der Waals surface area contributed by atoms with Crippen molar-refractivity contribution in [3.63, 3.8) is 0 Å². The van der Waals surface area contributed by atoms with Crippen LogP contribution in [0.2, 0.25) is 0 Å². The van der Waals surface area contributed by atoms with Gasteiger partial charge in [0, 0.05) is 29.9 Å². The minimum atomic E-state index is -2.85. The van der Waals surface area contributed by atoms with E-state index in [4.69, 9.17) is 0 Å². The first-order chi connectivity index (χ1) is 18.9. The zero-order valence-corrected chi connectivity index (χ0v) is 25.3. The van der Waals surface area contributed by atoms with Gasteiger partial charge in [0.1, 0.15) is 12.4 Å². The summed E-state index contributed by atoms with van der Waals surface area (Å²) in [7, 11) is 0. The van der Waals surface area contributed by atoms with Crippen LogP contribution in [-0.4, -0.2) is 29.5 Å². The van der Waals surface area contributed by atoms with Gasteiger partial charge < -0.3 is 5.11 Å². The fourth-order valence-corrected chi connectivity index (χ4v) is 6.71. The molecule has 5 heteroatoms. The monoisotopic (exact) mass is 557 g/mol. The van der Waals surface area contributed by atoms with Gasteiger partial charge in [0.25, 0.3) is 5.92 Å². The van der Waals surface area contributed by atoms with E-state index in [-0.39, 0.29) is 54.0 Å². The van der Waals surface area contributed by atoms with E-state index in [1.165, 1.54) is 12.5 Å². The Morgan fingerprint density at radius 3 is 2.42 bits per heavy atom. The Hall–Kier alpha value is -2.11. The van der Waals surface area contributed by atoms with Crippen molar-refractivity contribution in [1.29, 1.82) is 0 Å². The second-order valence-corrected chi connectivity index (χ2v) is 11.9. The Bertz CT molecular complexity index is 1080. The molecule has 0 aromatic rings. The number of rotatable bonds is 11. The first kappa shape index (κ1) is 32.4. The summed E-state index contributed by atoms with van der Waals surface area (Å²) in [5, 5.41) is 14.4. The molecule has 0 radical (unpaired) electrons. The highest BCUT2D eigenvalue weighted by atomic mass is 19.3. The molecule has 2 N–H and O–H groups in total. The van der Waals surface area contributed by atoms with Crippen molar-refractivity contribution in [2.75, 3.05) is 0 Å². The van der Waals surface area contributed by atoms with Crippen LogP contribution in [0.25, 0.3) is 0 Å². The maximum absolute atomic E-state index is 15.1. The number of alkyl halides is 3. The number of nitrogens with one attached hydrogen (secondary N) is 1. The lowest BCUT2D eigenvalue weighted by atomic mass is 9.70. The quantitative estimate of drug-likeness (QED) is 0.196. The van der Waals surface area contributed by atoms with E-state index in [0.717, 1.165) is 24.0 Å². The van der Waals surface area contributed by atoms with Crippen LogP contribution in [0.4, 0.5) is 13.2 Å². The molecule has 0 spiro atoms. The lowest BCUT2D eigenvalue weighted by Gasteiger charge is -2.37. The number of aliphatic hydroxyl groups is 1. The van der Waals surface area contributed by atoms with Gasteiger partial charge in [-0.3, -0.25) is 5.32 Å². The Labute approximate surface area is 240 Å². The predicted octanol–water partition coefficient (Wildman–Crippen LogP) is 9.19. The van der Waals surface area contributed by atoms with E-state index in [0.29, 0.717) is 18.4 Å².